The van der Waals surface area contributed by atoms with Gasteiger partial charge in [0.2, 0.25) is 5.91 Å². The van der Waals surface area contributed by atoms with Gasteiger partial charge in [-0.15, -0.1) is 0 Å². The van der Waals surface area contributed by atoms with Crippen LogP contribution in [0.2, 0.25) is 10.0 Å². The summed E-state index contributed by atoms with van der Waals surface area (Å²) in [7, 11) is 0. The molecule has 1 spiro atoms. The molecule has 2 aromatic heterocycles. The van der Waals surface area contributed by atoms with Crippen molar-refractivity contribution in [2.24, 2.45) is 5.41 Å². The number of rotatable bonds is 6. The average molecular weight is 670 g/mol. The Hall–Kier alpha value is -2.24. The van der Waals surface area contributed by atoms with Crippen molar-refractivity contribution >= 4 is 57.8 Å². The average Bonchev–Trinajstić information content (AvgIpc) is 3.76. The van der Waals surface area contributed by atoms with Gasteiger partial charge in [0.1, 0.15) is 0 Å². The molecule has 1 amide bonds. The lowest BCUT2D eigenvalue weighted by molar-refractivity contribution is -0.149. The summed E-state index contributed by atoms with van der Waals surface area (Å²) in [4.78, 5) is 19.4. The minimum absolute atomic E-state index is 0.0256. The predicted octanol–water partition coefficient (Wildman–Crippen LogP) is 6.18. The summed E-state index contributed by atoms with van der Waals surface area (Å²) in [5.41, 5.74) is 4.00. The minimum Gasteiger partial charge on any atom is -0.349 e. The Morgan fingerprint density at radius 2 is 1.89 bits per heavy atom. The zero-order valence-electron chi connectivity index (χ0n) is 26.5. The van der Waals surface area contributed by atoms with E-state index in [1.165, 1.54) is 25.6 Å². The molecule has 2 bridgehead atoms. The highest BCUT2D eigenvalue weighted by Gasteiger charge is 2.55. The Labute approximate surface area is 279 Å². The summed E-state index contributed by atoms with van der Waals surface area (Å²) in [5.74, 6) is 1.01. The Balaban J connectivity index is 1.14. The van der Waals surface area contributed by atoms with E-state index in [-0.39, 0.29) is 22.9 Å². The molecule has 5 aliphatic rings. The van der Waals surface area contributed by atoms with E-state index >= 15 is 0 Å². The van der Waals surface area contributed by atoms with E-state index in [0.717, 1.165) is 78.9 Å². The first kappa shape index (κ1) is 30.1. The van der Waals surface area contributed by atoms with Gasteiger partial charge in [0.15, 0.2) is 5.82 Å². The van der Waals surface area contributed by atoms with Gasteiger partial charge in [-0.05, 0) is 71.3 Å². The summed E-state index contributed by atoms with van der Waals surface area (Å²) < 4.78 is 4.83. The largest absolute Gasteiger partial charge is 0.349 e. The number of nitrogens with one attached hydrogen (secondary N) is 1. The molecule has 4 saturated heterocycles. The maximum absolute atomic E-state index is 12.1. The number of aromatic nitrogens is 4. The zero-order chi connectivity index (χ0) is 31.4. The number of fused-ring (bicyclic) bond motifs is 3. The summed E-state index contributed by atoms with van der Waals surface area (Å²) in [6.07, 6.45) is 11.0. The van der Waals surface area contributed by atoms with Gasteiger partial charge in [0, 0.05) is 84.0 Å². The highest BCUT2D eigenvalue weighted by molar-refractivity contribution is 7.96. The molecule has 8 rings (SSSR count). The quantitative estimate of drug-likeness (QED) is 0.249. The molecule has 1 aromatic carbocycles. The fourth-order valence-corrected chi connectivity index (χ4v) is 10.6. The van der Waals surface area contributed by atoms with E-state index in [4.69, 9.17) is 28.3 Å². The number of aromatic amines is 1. The number of carbonyl (C=O) groups excluding carboxylic acids is 1. The van der Waals surface area contributed by atoms with E-state index in [1.807, 2.05) is 29.1 Å². The zero-order valence-corrected chi connectivity index (χ0v) is 28.9. The van der Waals surface area contributed by atoms with E-state index in [0.29, 0.717) is 28.2 Å². The fraction of sp³-hybridized carbons (Fsp3) is 0.606. The minimum atomic E-state index is -0.106. The number of halogens is 2. The summed E-state index contributed by atoms with van der Waals surface area (Å²) in [5, 5.41) is 14.9. The second-order valence-electron chi connectivity index (χ2n) is 14.7. The van der Waals surface area contributed by atoms with Gasteiger partial charge >= 0.3 is 0 Å². The summed E-state index contributed by atoms with van der Waals surface area (Å²) in [6.45, 7) is 15.5. The number of hydrogen-bond acceptors (Lipinski definition) is 7. The van der Waals surface area contributed by atoms with Crippen LogP contribution in [0.5, 0.6) is 0 Å². The fourth-order valence-electron chi connectivity index (χ4n) is 9.41. The van der Waals surface area contributed by atoms with Crippen molar-refractivity contribution in [2.45, 2.75) is 82.6 Å². The summed E-state index contributed by atoms with van der Waals surface area (Å²) in [6, 6.07) is 4.05. The molecule has 4 aliphatic heterocycles. The van der Waals surface area contributed by atoms with Crippen LogP contribution in [0, 0.1) is 12.3 Å². The van der Waals surface area contributed by atoms with E-state index in [9.17, 15) is 4.79 Å². The number of benzene rings is 1. The Morgan fingerprint density at radius 3 is 2.56 bits per heavy atom. The number of carbonyl (C=O) groups is 1. The number of anilines is 1. The lowest BCUT2D eigenvalue weighted by atomic mass is 9.60. The molecule has 45 heavy (non-hydrogen) atoms. The second kappa shape index (κ2) is 10.6. The number of piperidine rings is 1. The van der Waals surface area contributed by atoms with Crippen molar-refractivity contribution < 1.29 is 4.79 Å². The maximum atomic E-state index is 12.1. The number of hydrogen-bond donors (Lipinski definition) is 1. The van der Waals surface area contributed by atoms with Crippen LogP contribution in [0.3, 0.4) is 0 Å². The third-order valence-electron chi connectivity index (χ3n) is 11.6. The molecule has 240 valence electrons. The van der Waals surface area contributed by atoms with Crippen molar-refractivity contribution in [1.29, 1.82) is 0 Å². The molecule has 12 heteroatoms. The van der Waals surface area contributed by atoms with Gasteiger partial charge < -0.3 is 9.80 Å². The summed E-state index contributed by atoms with van der Waals surface area (Å²) >= 11 is 15.7. The second-order valence-corrected chi connectivity index (χ2v) is 16.3. The molecule has 0 radical (unpaired) electrons. The van der Waals surface area contributed by atoms with Gasteiger partial charge in [-0.1, -0.05) is 41.7 Å². The van der Waals surface area contributed by atoms with Gasteiger partial charge in [0.05, 0.1) is 27.8 Å². The number of nitrogens with zero attached hydrogens (tertiary/aromatic N) is 7. The predicted molar refractivity (Wildman–Crippen MR) is 183 cm³/mol. The molecule has 5 fully saturated rings. The van der Waals surface area contributed by atoms with Crippen LogP contribution in [0.4, 0.5) is 5.82 Å². The standard InChI is InChI=1S/C33H42Cl2N8OS/c1-6-27(44)39-17-33(18-39)12-23(13-33)43-19(2)28(29-24-14-36-37-26(24)10-25(34)30(29)35)31(38-43)41-8-7-20(11-32(41,3)4)40-15-22-9-21(40)16-42(22)45-5/h6,10,14,20-23H,1,7-9,11-13,15-18H2,2-5H3,(H,36,37). The molecule has 1 saturated carbocycles. The number of likely N-dealkylation sites (tertiary alicyclic amines) is 2. The molecular weight excluding hydrogens is 627 g/mol. The first-order valence-electron chi connectivity index (χ1n) is 16.2. The lowest BCUT2D eigenvalue weighted by Gasteiger charge is -2.58. The first-order valence-corrected chi connectivity index (χ1v) is 18.1. The van der Waals surface area contributed by atoms with Crippen LogP contribution >= 0.6 is 35.1 Å². The van der Waals surface area contributed by atoms with Crippen LogP contribution in [0.25, 0.3) is 22.0 Å². The maximum Gasteiger partial charge on any atom is 0.245 e. The lowest BCUT2D eigenvalue weighted by Crippen LogP contribution is -2.63. The highest BCUT2D eigenvalue weighted by atomic mass is 35.5. The van der Waals surface area contributed by atoms with Crippen molar-refractivity contribution in [3.8, 4) is 11.1 Å². The van der Waals surface area contributed by atoms with Crippen LogP contribution in [0.15, 0.2) is 24.9 Å². The van der Waals surface area contributed by atoms with Gasteiger partial charge in [-0.25, -0.2) is 4.31 Å². The van der Waals surface area contributed by atoms with Crippen LogP contribution < -0.4 is 4.90 Å². The Bertz CT molecular complexity index is 1690. The van der Waals surface area contributed by atoms with Crippen LogP contribution in [-0.2, 0) is 4.79 Å². The molecule has 1 aliphatic carbocycles. The Morgan fingerprint density at radius 1 is 1.11 bits per heavy atom. The van der Waals surface area contributed by atoms with E-state index in [2.05, 4.69) is 62.6 Å². The molecule has 3 unspecified atom stereocenters. The monoisotopic (exact) mass is 668 g/mol. The van der Waals surface area contributed by atoms with E-state index in [1.54, 1.807) is 0 Å². The molecular formula is C33H42Cl2N8OS. The van der Waals surface area contributed by atoms with Gasteiger partial charge in [-0.2, -0.15) is 10.2 Å². The number of amides is 1. The van der Waals surface area contributed by atoms with Crippen molar-refractivity contribution in [1.82, 2.24) is 34.1 Å². The first-order chi connectivity index (χ1) is 21.5. The molecule has 3 aromatic rings. The molecule has 9 nitrogen and oxygen atoms in total. The van der Waals surface area contributed by atoms with E-state index < -0.39 is 0 Å². The molecule has 1 N–H and O–H groups in total. The normalized spacial score (nSPS) is 27.8. The molecule has 3 atom stereocenters. The topological polar surface area (TPSA) is 76.5 Å². The van der Waals surface area contributed by atoms with Crippen molar-refractivity contribution in [3.05, 3.63) is 40.7 Å². The highest BCUT2D eigenvalue weighted by Crippen LogP contribution is 2.56. The van der Waals surface area contributed by atoms with Gasteiger partial charge in [-0.3, -0.25) is 19.5 Å². The molecule has 6 heterocycles. The smallest absolute Gasteiger partial charge is 0.245 e. The van der Waals surface area contributed by atoms with Gasteiger partial charge in [0.25, 0.3) is 0 Å². The van der Waals surface area contributed by atoms with Crippen molar-refractivity contribution in [3.63, 3.8) is 0 Å². The third kappa shape index (κ3) is 4.60. The number of piperazine rings is 1. The number of H-pyrrole nitrogens is 1. The SMILES string of the molecule is C=CC(=O)N1CC2(CC(n3nc(N4CCC(N5CC6CC5CN6SC)CC4(C)C)c(-c4c(Cl)c(Cl)cc5[nH]ncc45)c3C)C2)C1. The van der Waals surface area contributed by atoms with Crippen molar-refractivity contribution in [2.75, 3.05) is 43.9 Å². The Kier molecular flexibility index (Phi) is 7.12. The van der Waals surface area contributed by atoms with Crippen LogP contribution in [0.1, 0.15) is 57.7 Å². The third-order valence-corrected chi connectivity index (χ3v) is 13.3. The van der Waals surface area contributed by atoms with Crippen LogP contribution in [-0.4, -0.2) is 103 Å².